The van der Waals surface area contributed by atoms with Crippen molar-refractivity contribution in [2.75, 3.05) is 19.7 Å². The molecule has 5 nitrogen and oxygen atoms in total. The van der Waals surface area contributed by atoms with Gasteiger partial charge in [0.25, 0.3) is 0 Å². The average Bonchev–Trinajstić information content (AvgIpc) is 3.34. The van der Waals surface area contributed by atoms with Gasteiger partial charge in [-0.25, -0.2) is 0 Å². The maximum Gasteiger partial charge on any atom is 0.141 e. The van der Waals surface area contributed by atoms with Crippen molar-refractivity contribution in [2.45, 2.75) is 77.2 Å². The Hall–Kier alpha value is -0.940. The van der Waals surface area contributed by atoms with Crippen LogP contribution in [0.15, 0.2) is 5.16 Å². The number of nitrogens with one attached hydrogen (secondary N) is 1. The van der Waals surface area contributed by atoms with E-state index in [2.05, 4.69) is 17.4 Å². The first-order valence-electron chi connectivity index (χ1n) is 11.6. The minimum Gasteiger partial charge on any atom is -0.396 e. The Morgan fingerprint density at radius 2 is 2.04 bits per heavy atom. The highest BCUT2D eigenvalue weighted by atomic mass is 16.6. The van der Waals surface area contributed by atoms with Crippen molar-refractivity contribution < 1.29 is 14.7 Å². The van der Waals surface area contributed by atoms with E-state index in [0.717, 1.165) is 64.5 Å². The van der Waals surface area contributed by atoms with Gasteiger partial charge in [0, 0.05) is 36.8 Å². The molecular formula is C23H36N2O3. The Kier molecular flexibility index (Phi) is 4.82. The fourth-order valence-electron chi connectivity index (χ4n) is 7.89. The van der Waals surface area contributed by atoms with Crippen LogP contribution in [-0.4, -0.2) is 42.4 Å². The first-order valence-corrected chi connectivity index (χ1v) is 11.6. The molecule has 7 atom stereocenters. The van der Waals surface area contributed by atoms with E-state index in [9.17, 15) is 9.90 Å². The number of oxime groups is 1. The molecule has 4 aliphatic carbocycles. The number of Topliss-reactive ketones (excluding diaryl/α,β-unsaturated/α-hetero) is 1. The van der Waals surface area contributed by atoms with Gasteiger partial charge in [-0.15, -0.1) is 0 Å². The summed E-state index contributed by atoms with van der Waals surface area (Å²) in [6, 6.07) is 0. The van der Waals surface area contributed by atoms with Gasteiger partial charge < -0.3 is 15.3 Å². The number of aliphatic hydroxyl groups is 1. The minimum atomic E-state index is -0.0743. The van der Waals surface area contributed by atoms with Gasteiger partial charge in [-0.1, -0.05) is 12.1 Å². The van der Waals surface area contributed by atoms with Crippen LogP contribution in [0.3, 0.4) is 0 Å². The molecule has 6 unspecified atom stereocenters. The minimum absolute atomic E-state index is 0.0455. The number of fused-ring (bicyclic) bond motifs is 5. The second-order valence-corrected chi connectivity index (χ2v) is 10.5. The molecule has 0 spiro atoms. The molecule has 1 aliphatic heterocycles. The van der Waals surface area contributed by atoms with Gasteiger partial charge in [-0.2, -0.15) is 0 Å². The lowest BCUT2D eigenvalue weighted by Gasteiger charge is -2.60. The number of hydrogen-bond donors (Lipinski definition) is 2. The summed E-state index contributed by atoms with van der Waals surface area (Å²) >= 11 is 0. The van der Waals surface area contributed by atoms with Crippen molar-refractivity contribution in [3.63, 3.8) is 0 Å². The van der Waals surface area contributed by atoms with Crippen LogP contribution in [0.2, 0.25) is 0 Å². The number of carbonyl (C=O) groups excluding carboxylic acids is 1. The molecule has 28 heavy (non-hydrogen) atoms. The van der Waals surface area contributed by atoms with Gasteiger partial charge in [0.05, 0.1) is 5.71 Å². The van der Waals surface area contributed by atoms with E-state index in [1.165, 1.54) is 18.6 Å². The van der Waals surface area contributed by atoms with E-state index in [-0.39, 0.29) is 16.9 Å². The van der Waals surface area contributed by atoms with Gasteiger partial charge in [0.2, 0.25) is 0 Å². The van der Waals surface area contributed by atoms with Crippen molar-refractivity contribution in [1.29, 1.82) is 0 Å². The molecule has 5 rings (SSSR count). The summed E-state index contributed by atoms with van der Waals surface area (Å²) < 4.78 is 0. The summed E-state index contributed by atoms with van der Waals surface area (Å²) in [4.78, 5) is 18.4. The number of nitrogens with zero attached hydrogens (tertiary/aromatic N) is 1. The third-order valence-electron chi connectivity index (χ3n) is 9.55. The fourth-order valence-corrected chi connectivity index (χ4v) is 7.89. The molecule has 0 amide bonds. The molecule has 5 heteroatoms. The lowest BCUT2D eigenvalue weighted by molar-refractivity contribution is -0.143. The predicted molar refractivity (Wildman–Crippen MR) is 108 cm³/mol. The quantitative estimate of drug-likeness (QED) is 0.728. The normalized spacial score (nSPS) is 49.6. The van der Waals surface area contributed by atoms with E-state index in [4.69, 9.17) is 4.84 Å². The van der Waals surface area contributed by atoms with E-state index >= 15 is 0 Å². The molecule has 0 aromatic carbocycles. The Morgan fingerprint density at radius 3 is 2.82 bits per heavy atom. The van der Waals surface area contributed by atoms with Crippen LogP contribution in [0.4, 0.5) is 0 Å². The van der Waals surface area contributed by atoms with Crippen LogP contribution in [0, 0.1) is 34.5 Å². The van der Waals surface area contributed by atoms with Gasteiger partial charge in [0.15, 0.2) is 0 Å². The average molecular weight is 389 g/mol. The lowest BCUT2D eigenvalue weighted by Crippen LogP contribution is -2.56. The first-order chi connectivity index (χ1) is 13.6. The Morgan fingerprint density at radius 1 is 1.14 bits per heavy atom. The van der Waals surface area contributed by atoms with Crippen LogP contribution in [0.25, 0.3) is 0 Å². The van der Waals surface area contributed by atoms with Crippen molar-refractivity contribution in [2.24, 2.45) is 39.7 Å². The third-order valence-corrected chi connectivity index (χ3v) is 9.55. The molecule has 4 saturated carbocycles. The summed E-state index contributed by atoms with van der Waals surface area (Å²) in [7, 11) is 0. The van der Waals surface area contributed by atoms with E-state index in [0.29, 0.717) is 36.1 Å². The Balaban J connectivity index is 1.33. The zero-order chi connectivity index (χ0) is 19.4. The van der Waals surface area contributed by atoms with Crippen LogP contribution < -0.4 is 5.32 Å². The monoisotopic (exact) mass is 388 g/mol. The first kappa shape index (κ1) is 19.0. The molecule has 1 heterocycles. The van der Waals surface area contributed by atoms with Crippen molar-refractivity contribution in [3.05, 3.63) is 0 Å². The standard InChI is InChI=1S/C23H36N2O3/c1-22-9-7-20-18(19(22)4-5-21(22)27)3-2-15-12-16(6-10-23(15,20)14-26)25-28-17-8-11-24-13-17/h15,17-20,24,26H,2-14H2,1H3/b25-16-/t15?,17-,18?,19?,20?,22?,23?/m0/s1. The summed E-state index contributed by atoms with van der Waals surface area (Å²) in [6.45, 7) is 4.47. The summed E-state index contributed by atoms with van der Waals surface area (Å²) in [5.41, 5.74) is 1.18. The number of rotatable bonds is 3. The SMILES string of the molecule is CC12CCC3C(CCC4C/C(=N\O[C@H]5CCNC5)CCC43CO)C1CCC2=O. The predicted octanol–water partition coefficient (Wildman–Crippen LogP) is 3.31. The van der Waals surface area contributed by atoms with E-state index < -0.39 is 0 Å². The number of aliphatic hydroxyl groups excluding tert-OH is 1. The highest BCUT2D eigenvalue weighted by Gasteiger charge is 2.61. The second-order valence-electron chi connectivity index (χ2n) is 10.5. The molecule has 1 saturated heterocycles. The second kappa shape index (κ2) is 7.09. The van der Waals surface area contributed by atoms with Crippen molar-refractivity contribution in [3.8, 4) is 0 Å². The summed E-state index contributed by atoms with van der Waals surface area (Å²) in [5.74, 6) is 2.80. The molecule has 5 aliphatic rings. The molecule has 0 radical (unpaired) electrons. The summed E-state index contributed by atoms with van der Waals surface area (Å²) in [5, 5.41) is 18.5. The molecule has 2 N–H and O–H groups in total. The van der Waals surface area contributed by atoms with Crippen molar-refractivity contribution in [1.82, 2.24) is 5.32 Å². The zero-order valence-electron chi connectivity index (χ0n) is 17.3. The highest BCUT2D eigenvalue weighted by Crippen LogP contribution is 2.65. The van der Waals surface area contributed by atoms with Crippen LogP contribution >= 0.6 is 0 Å². The largest absolute Gasteiger partial charge is 0.396 e. The van der Waals surface area contributed by atoms with Gasteiger partial charge >= 0.3 is 0 Å². The van der Waals surface area contributed by atoms with Crippen LogP contribution in [0.5, 0.6) is 0 Å². The number of ketones is 1. The molecule has 5 fully saturated rings. The molecule has 156 valence electrons. The Bertz CT molecular complexity index is 658. The maximum atomic E-state index is 12.6. The molecular weight excluding hydrogens is 352 g/mol. The van der Waals surface area contributed by atoms with Crippen LogP contribution in [-0.2, 0) is 9.63 Å². The van der Waals surface area contributed by atoms with Gasteiger partial charge in [-0.3, -0.25) is 4.79 Å². The molecule has 0 aromatic rings. The van der Waals surface area contributed by atoms with E-state index in [1.807, 2.05) is 0 Å². The maximum absolute atomic E-state index is 12.6. The summed E-state index contributed by atoms with van der Waals surface area (Å²) in [6.07, 6.45) is 10.7. The molecule has 0 bridgehead atoms. The van der Waals surface area contributed by atoms with Crippen LogP contribution in [0.1, 0.15) is 71.1 Å². The van der Waals surface area contributed by atoms with Gasteiger partial charge in [-0.05, 0) is 81.6 Å². The fraction of sp³-hybridized carbons (Fsp3) is 0.913. The lowest BCUT2D eigenvalue weighted by atomic mass is 9.45. The Labute approximate surface area is 168 Å². The topological polar surface area (TPSA) is 70.9 Å². The number of hydrogen-bond acceptors (Lipinski definition) is 5. The van der Waals surface area contributed by atoms with Gasteiger partial charge in [0.1, 0.15) is 11.9 Å². The molecule has 0 aromatic heterocycles. The third kappa shape index (κ3) is 2.79. The van der Waals surface area contributed by atoms with E-state index in [1.54, 1.807) is 0 Å². The zero-order valence-corrected chi connectivity index (χ0v) is 17.3. The number of carbonyl (C=O) groups is 1. The smallest absolute Gasteiger partial charge is 0.141 e. The van der Waals surface area contributed by atoms with Crippen molar-refractivity contribution >= 4 is 11.5 Å². The highest BCUT2D eigenvalue weighted by molar-refractivity contribution is 5.87.